The van der Waals surface area contributed by atoms with E-state index in [1.165, 1.54) is 0 Å². The first-order valence-corrected chi connectivity index (χ1v) is 10.7. The molecule has 1 aromatic carbocycles. The van der Waals surface area contributed by atoms with Crippen LogP contribution in [0.3, 0.4) is 0 Å². The summed E-state index contributed by atoms with van der Waals surface area (Å²) in [6.45, 7) is 6.74. The maximum Gasteiger partial charge on any atom is 0.270 e. The van der Waals surface area contributed by atoms with Crippen LogP contribution in [0.2, 0.25) is 0 Å². The average molecular weight is 362 g/mol. The van der Waals surface area contributed by atoms with Gasteiger partial charge in [-0.2, -0.15) is 0 Å². The number of aromatic nitrogens is 1. The summed E-state index contributed by atoms with van der Waals surface area (Å²) in [7, 11) is -3.02. The smallest absolute Gasteiger partial charge is 0.270 e. The Bertz CT molecular complexity index is 899. The second-order valence-corrected chi connectivity index (χ2v) is 9.36. The molecule has 1 saturated heterocycles. The number of carbonyl (C=O) groups is 1. The van der Waals surface area contributed by atoms with E-state index >= 15 is 0 Å². The number of rotatable bonds is 5. The maximum absolute atomic E-state index is 13.1. The van der Waals surface area contributed by atoms with Crippen LogP contribution in [0.5, 0.6) is 0 Å². The lowest BCUT2D eigenvalue weighted by Crippen LogP contribution is -2.42. The van der Waals surface area contributed by atoms with Gasteiger partial charge in [0.25, 0.3) is 5.91 Å². The Morgan fingerprint density at radius 2 is 2.04 bits per heavy atom. The summed E-state index contributed by atoms with van der Waals surface area (Å²) in [4.78, 5) is 18.1. The molecule has 0 spiro atoms. The molecule has 0 aliphatic carbocycles. The summed E-state index contributed by atoms with van der Waals surface area (Å²) < 4.78 is 23.7. The van der Waals surface area contributed by atoms with Crippen molar-refractivity contribution in [2.24, 2.45) is 0 Å². The first-order valence-electron chi connectivity index (χ1n) is 8.92. The highest BCUT2D eigenvalue weighted by Crippen LogP contribution is 2.25. The second kappa shape index (κ2) is 6.83. The molecule has 1 N–H and O–H groups in total. The SMILES string of the molecule is CCCCN(C(=O)c1cc2c(C)cc(C)cc2[nH]1)C1CCS(=O)(=O)C1. The van der Waals surface area contributed by atoms with Crippen molar-refractivity contribution in [3.63, 3.8) is 0 Å². The van der Waals surface area contributed by atoms with E-state index in [1.54, 1.807) is 4.90 Å². The summed E-state index contributed by atoms with van der Waals surface area (Å²) in [6, 6.07) is 5.82. The third-order valence-corrected chi connectivity index (χ3v) is 6.73. The number of aryl methyl sites for hydroxylation is 2. The van der Waals surface area contributed by atoms with E-state index in [0.717, 1.165) is 34.9 Å². The van der Waals surface area contributed by atoms with Crippen molar-refractivity contribution < 1.29 is 13.2 Å². The maximum atomic E-state index is 13.1. The quantitative estimate of drug-likeness (QED) is 0.888. The molecule has 2 aromatic rings. The fraction of sp³-hybridized carbons (Fsp3) is 0.526. The number of hydrogen-bond donors (Lipinski definition) is 1. The molecule has 1 atom stereocenters. The Morgan fingerprint density at radius 1 is 1.28 bits per heavy atom. The predicted octanol–water partition coefficient (Wildman–Crippen LogP) is 3.21. The Balaban J connectivity index is 1.93. The number of sulfone groups is 1. The molecule has 1 fully saturated rings. The third kappa shape index (κ3) is 3.73. The first kappa shape index (κ1) is 18.0. The molecule has 136 valence electrons. The molecule has 6 heteroatoms. The molecule has 0 saturated carbocycles. The lowest BCUT2D eigenvalue weighted by molar-refractivity contribution is 0.0689. The van der Waals surface area contributed by atoms with Crippen molar-refractivity contribution in [1.29, 1.82) is 0 Å². The zero-order valence-electron chi connectivity index (χ0n) is 15.1. The summed E-state index contributed by atoms with van der Waals surface area (Å²) in [5.41, 5.74) is 3.78. The Kier molecular flexibility index (Phi) is 4.91. The highest BCUT2D eigenvalue weighted by molar-refractivity contribution is 7.91. The monoisotopic (exact) mass is 362 g/mol. The van der Waals surface area contributed by atoms with E-state index in [0.29, 0.717) is 18.7 Å². The molecule has 5 nitrogen and oxygen atoms in total. The van der Waals surface area contributed by atoms with Gasteiger partial charge in [0.15, 0.2) is 9.84 Å². The van der Waals surface area contributed by atoms with Crippen molar-refractivity contribution in [2.45, 2.75) is 46.1 Å². The van der Waals surface area contributed by atoms with Gasteiger partial charge in [-0.05, 0) is 49.9 Å². The van der Waals surface area contributed by atoms with Crippen LogP contribution in [-0.4, -0.2) is 48.3 Å². The molecule has 1 aromatic heterocycles. The molecule has 3 rings (SSSR count). The largest absolute Gasteiger partial charge is 0.351 e. The van der Waals surface area contributed by atoms with Gasteiger partial charge < -0.3 is 9.88 Å². The fourth-order valence-electron chi connectivity index (χ4n) is 3.67. The van der Waals surface area contributed by atoms with Crippen LogP contribution in [0.25, 0.3) is 10.9 Å². The zero-order valence-corrected chi connectivity index (χ0v) is 15.9. The third-order valence-electron chi connectivity index (χ3n) is 4.98. The molecule has 1 aliphatic heterocycles. The lowest BCUT2D eigenvalue weighted by atomic mass is 10.1. The topological polar surface area (TPSA) is 70.2 Å². The van der Waals surface area contributed by atoms with Gasteiger partial charge in [0.05, 0.1) is 11.5 Å². The van der Waals surface area contributed by atoms with Gasteiger partial charge >= 0.3 is 0 Å². The minimum Gasteiger partial charge on any atom is -0.351 e. The van der Waals surface area contributed by atoms with Gasteiger partial charge in [0.1, 0.15) is 5.69 Å². The number of aromatic amines is 1. The molecule has 0 bridgehead atoms. The summed E-state index contributed by atoms with van der Waals surface area (Å²) >= 11 is 0. The molecule has 1 aliphatic rings. The van der Waals surface area contributed by atoms with Crippen molar-refractivity contribution in [1.82, 2.24) is 9.88 Å². The summed E-state index contributed by atoms with van der Waals surface area (Å²) in [6.07, 6.45) is 2.38. The second-order valence-electron chi connectivity index (χ2n) is 7.14. The van der Waals surface area contributed by atoms with Crippen molar-refractivity contribution in [3.05, 3.63) is 35.0 Å². The van der Waals surface area contributed by atoms with E-state index < -0.39 is 9.84 Å². The molecule has 1 unspecified atom stereocenters. The number of fused-ring (bicyclic) bond motifs is 1. The Morgan fingerprint density at radius 3 is 2.68 bits per heavy atom. The van der Waals surface area contributed by atoms with Gasteiger partial charge in [-0.1, -0.05) is 19.4 Å². The number of nitrogens with zero attached hydrogens (tertiary/aromatic N) is 1. The van der Waals surface area contributed by atoms with E-state index in [2.05, 4.69) is 18.0 Å². The molecule has 1 amide bonds. The van der Waals surface area contributed by atoms with Crippen LogP contribution in [-0.2, 0) is 9.84 Å². The Hall–Kier alpha value is -1.82. The van der Waals surface area contributed by atoms with Crippen LogP contribution in [0, 0.1) is 13.8 Å². The van der Waals surface area contributed by atoms with Gasteiger partial charge in [0, 0.05) is 23.5 Å². The average Bonchev–Trinajstić information content (AvgIpc) is 3.11. The number of hydrogen-bond acceptors (Lipinski definition) is 3. The van der Waals surface area contributed by atoms with Gasteiger partial charge in [-0.3, -0.25) is 4.79 Å². The van der Waals surface area contributed by atoms with E-state index in [4.69, 9.17) is 0 Å². The zero-order chi connectivity index (χ0) is 18.2. The first-order chi connectivity index (χ1) is 11.8. The van der Waals surface area contributed by atoms with Crippen LogP contribution in [0.4, 0.5) is 0 Å². The van der Waals surface area contributed by atoms with Crippen LogP contribution < -0.4 is 0 Å². The lowest BCUT2D eigenvalue weighted by Gasteiger charge is -2.27. The van der Waals surface area contributed by atoms with Gasteiger partial charge in [-0.25, -0.2) is 8.42 Å². The van der Waals surface area contributed by atoms with Crippen molar-refractivity contribution in [2.75, 3.05) is 18.1 Å². The predicted molar refractivity (Wildman–Crippen MR) is 101 cm³/mol. The van der Waals surface area contributed by atoms with Crippen LogP contribution in [0.15, 0.2) is 18.2 Å². The molecule has 25 heavy (non-hydrogen) atoms. The normalized spacial score (nSPS) is 19.4. The number of H-pyrrole nitrogens is 1. The fourth-order valence-corrected chi connectivity index (χ4v) is 5.40. The number of unbranched alkanes of at least 4 members (excludes halogenated alkanes) is 1. The van der Waals surface area contributed by atoms with E-state index in [-0.39, 0.29) is 23.5 Å². The number of carbonyl (C=O) groups excluding carboxylic acids is 1. The number of nitrogens with one attached hydrogen (secondary N) is 1. The minimum atomic E-state index is -3.02. The number of amides is 1. The molecule has 2 heterocycles. The van der Waals surface area contributed by atoms with Gasteiger partial charge in [-0.15, -0.1) is 0 Å². The van der Waals surface area contributed by atoms with Crippen LogP contribution in [0.1, 0.15) is 47.8 Å². The Labute approximate surface area is 149 Å². The van der Waals surface area contributed by atoms with E-state index in [1.807, 2.05) is 26.0 Å². The molecule has 0 radical (unpaired) electrons. The highest BCUT2D eigenvalue weighted by atomic mass is 32.2. The van der Waals surface area contributed by atoms with Crippen molar-refractivity contribution >= 4 is 26.6 Å². The van der Waals surface area contributed by atoms with E-state index in [9.17, 15) is 13.2 Å². The van der Waals surface area contributed by atoms with Crippen LogP contribution >= 0.6 is 0 Å². The number of benzene rings is 1. The standard InChI is InChI=1S/C19H26N2O3S/c1-4-5-7-21(15-6-8-25(23,24)12-15)19(22)18-11-16-14(3)9-13(2)10-17(16)20-18/h9-11,15,20H,4-8,12H2,1-3H3. The minimum absolute atomic E-state index is 0.0841. The van der Waals surface area contributed by atoms with Gasteiger partial charge in [0.2, 0.25) is 0 Å². The molecular formula is C19H26N2O3S. The van der Waals surface area contributed by atoms with Crippen molar-refractivity contribution in [3.8, 4) is 0 Å². The molecular weight excluding hydrogens is 336 g/mol. The summed E-state index contributed by atoms with van der Waals surface area (Å²) in [5, 5.41) is 1.04. The highest BCUT2D eigenvalue weighted by Gasteiger charge is 2.35. The summed E-state index contributed by atoms with van der Waals surface area (Å²) in [5.74, 6) is 0.170.